The second-order valence-electron chi connectivity index (χ2n) is 4.80. The van der Waals surface area contributed by atoms with Crippen molar-refractivity contribution < 1.29 is 4.79 Å². The van der Waals surface area contributed by atoms with E-state index in [0.717, 1.165) is 28.5 Å². The molecule has 0 saturated heterocycles. The molecule has 1 aromatic heterocycles. The van der Waals surface area contributed by atoms with Crippen LogP contribution in [0.1, 0.15) is 15.9 Å². The SMILES string of the molecule is O=C1C=CCc2c1cnc1ccc3ccccc3c21. The lowest BCUT2D eigenvalue weighted by molar-refractivity contribution is 0.104. The fourth-order valence-corrected chi connectivity index (χ4v) is 2.83. The first kappa shape index (κ1) is 10.4. The van der Waals surface area contributed by atoms with Crippen molar-refractivity contribution in [3.63, 3.8) is 0 Å². The molecular weight excluding hydrogens is 234 g/mol. The van der Waals surface area contributed by atoms with Gasteiger partial charge in [-0.2, -0.15) is 0 Å². The van der Waals surface area contributed by atoms with Gasteiger partial charge in [0.05, 0.1) is 5.52 Å². The van der Waals surface area contributed by atoms with Crippen LogP contribution in [0.5, 0.6) is 0 Å². The van der Waals surface area contributed by atoms with Crippen LogP contribution in [0.2, 0.25) is 0 Å². The van der Waals surface area contributed by atoms with Crippen LogP contribution in [0.4, 0.5) is 0 Å². The molecule has 3 aromatic rings. The van der Waals surface area contributed by atoms with Crippen LogP contribution >= 0.6 is 0 Å². The maximum absolute atomic E-state index is 11.9. The average Bonchev–Trinajstić information content (AvgIpc) is 2.47. The molecular formula is C17H11NO. The molecule has 1 aliphatic carbocycles. The summed E-state index contributed by atoms with van der Waals surface area (Å²) in [5.74, 6) is 0.0589. The zero-order chi connectivity index (χ0) is 12.8. The second-order valence-corrected chi connectivity index (χ2v) is 4.80. The van der Waals surface area contributed by atoms with Gasteiger partial charge >= 0.3 is 0 Å². The Kier molecular flexibility index (Phi) is 2.06. The molecule has 4 rings (SSSR count). The first-order valence-corrected chi connectivity index (χ1v) is 6.35. The Morgan fingerprint density at radius 3 is 2.89 bits per heavy atom. The average molecular weight is 245 g/mol. The molecule has 0 radical (unpaired) electrons. The third kappa shape index (κ3) is 1.43. The van der Waals surface area contributed by atoms with Crippen molar-refractivity contribution in [2.45, 2.75) is 6.42 Å². The number of nitrogens with zero attached hydrogens (tertiary/aromatic N) is 1. The molecule has 0 bridgehead atoms. The molecule has 0 unspecified atom stereocenters. The molecule has 0 fully saturated rings. The molecule has 2 aromatic carbocycles. The summed E-state index contributed by atoms with van der Waals surface area (Å²) in [5.41, 5.74) is 2.81. The summed E-state index contributed by atoms with van der Waals surface area (Å²) in [6, 6.07) is 12.4. The Morgan fingerprint density at radius 2 is 1.95 bits per heavy atom. The van der Waals surface area contributed by atoms with Crippen molar-refractivity contribution in [1.29, 1.82) is 0 Å². The van der Waals surface area contributed by atoms with E-state index in [2.05, 4.69) is 23.2 Å². The number of benzene rings is 2. The summed E-state index contributed by atoms with van der Waals surface area (Å²) in [6.45, 7) is 0. The van der Waals surface area contributed by atoms with E-state index in [1.165, 1.54) is 10.8 Å². The quantitative estimate of drug-likeness (QED) is 0.565. The first-order valence-electron chi connectivity index (χ1n) is 6.35. The molecule has 19 heavy (non-hydrogen) atoms. The van der Waals surface area contributed by atoms with E-state index < -0.39 is 0 Å². The summed E-state index contributed by atoms with van der Waals surface area (Å²) >= 11 is 0. The van der Waals surface area contributed by atoms with Gasteiger partial charge in [0.25, 0.3) is 0 Å². The van der Waals surface area contributed by atoms with E-state index >= 15 is 0 Å². The van der Waals surface area contributed by atoms with Crippen LogP contribution in [0.3, 0.4) is 0 Å². The maximum Gasteiger partial charge on any atom is 0.187 e. The minimum Gasteiger partial charge on any atom is -0.289 e. The minimum absolute atomic E-state index is 0.0589. The monoisotopic (exact) mass is 245 g/mol. The van der Waals surface area contributed by atoms with E-state index in [0.29, 0.717) is 0 Å². The largest absolute Gasteiger partial charge is 0.289 e. The van der Waals surface area contributed by atoms with Gasteiger partial charge in [0.2, 0.25) is 0 Å². The molecule has 2 heteroatoms. The summed E-state index contributed by atoms with van der Waals surface area (Å²) < 4.78 is 0. The van der Waals surface area contributed by atoms with Crippen LogP contribution in [0.15, 0.2) is 54.7 Å². The standard InChI is InChI=1S/C17H11NO/c19-16-7-3-6-13-14(16)10-18-15-9-8-11-4-1-2-5-12(11)17(13)15/h1-5,7-10H,6H2. The summed E-state index contributed by atoms with van der Waals surface area (Å²) in [4.78, 5) is 16.4. The molecule has 2 nitrogen and oxygen atoms in total. The number of hydrogen-bond donors (Lipinski definition) is 0. The number of fused-ring (bicyclic) bond motifs is 5. The van der Waals surface area contributed by atoms with Crippen molar-refractivity contribution in [3.8, 4) is 0 Å². The molecule has 0 spiro atoms. The maximum atomic E-state index is 11.9. The van der Waals surface area contributed by atoms with Crippen molar-refractivity contribution in [2.24, 2.45) is 0 Å². The molecule has 1 aliphatic rings. The summed E-state index contributed by atoms with van der Waals surface area (Å²) in [6.07, 6.45) is 6.08. The van der Waals surface area contributed by atoms with Crippen LogP contribution in [-0.2, 0) is 6.42 Å². The van der Waals surface area contributed by atoms with Gasteiger partial charge in [-0.3, -0.25) is 9.78 Å². The van der Waals surface area contributed by atoms with E-state index in [-0.39, 0.29) is 5.78 Å². The lowest BCUT2D eigenvalue weighted by Crippen LogP contribution is -2.07. The van der Waals surface area contributed by atoms with E-state index in [9.17, 15) is 4.79 Å². The fourth-order valence-electron chi connectivity index (χ4n) is 2.83. The molecule has 1 heterocycles. The normalized spacial score (nSPS) is 14.0. The zero-order valence-corrected chi connectivity index (χ0v) is 10.3. The van der Waals surface area contributed by atoms with Gasteiger partial charge < -0.3 is 0 Å². The molecule has 0 aliphatic heterocycles. The summed E-state index contributed by atoms with van der Waals surface area (Å²) in [7, 11) is 0. The molecule has 0 saturated carbocycles. The van der Waals surface area contributed by atoms with Crippen molar-refractivity contribution in [2.75, 3.05) is 0 Å². The van der Waals surface area contributed by atoms with Crippen LogP contribution in [0.25, 0.3) is 21.7 Å². The third-order valence-corrected chi connectivity index (χ3v) is 3.72. The third-order valence-electron chi connectivity index (χ3n) is 3.72. The number of ketones is 1. The van der Waals surface area contributed by atoms with Crippen LogP contribution in [0, 0.1) is 0 Å². The predicted octanol–water partition coefficient (Wildman–Crippen LogP) is 3.68. The highest BCUT2D eigenvalue weighted by atomic mass is 16.1. The van der Waals surface area contributed by atoms with Gasteiger partial charge in [-0.15, -0.1) is 0 Å². The van der Waals surface area contributed by atoms with E-state index in [1.54, 1.807) is 12.3 Å². The zero-order valence-electron chi connectivity index (χ0n) is 10.3. The topological polar surface area (TPSA) is 30.0 Å². The van der Waals surface area contributed by atoms with Crippen molar-refractivity contribution in [1.82, 2.24) is 4.98 Å². The van der Waals surface area contributed by atoms with Gasteiger partial charge in [0, 0.05) is 17.1 Å². The highest BCUT2D eigenvalue weighted by molar-refractivity contribution is 6.14. The number of pyridine rings is 1. The van der Waals surface area contributed by atoms with Gasteiger partial charge in [-0.1, -0.05) is 36.4 Å². The lowest BCUT2D eigenvalue weighted by Gasteiger charge is -2.14. The minimum atomic E-state index is 0.0589. The Labute approximate surface area is 110 Å². The number of carbonyl (C=O) groups is 1. The highest BCUT2D eigenvalue weighted by Gasteiger charge is 2.17. The number of carbonyl (C=O) groups excluding carboxylic acids is 1. The fraction of sp³-hybridized carbons (Fsp3) is 0.0588. The number of hydrogen-bond acceptors (Lipinski definition) is 2. The van der Waals surface area contributed by atoms with Gasteiger partial charge in [-0.05, 0) is 34.9 Å². The molecule has 0 atom stereocenters. The Balaban J connectivity index is 2.24. The van der Waals surface area contributed by atoms with Crippen molar-refractivity contribution in [3.05, 3.63) is 65.9 Å². The second kappa shape index (κ2) is 3.75. The number of allylic oxidation sites excluding steroid dienone is 2. The van der Waals surface area contributed by atoms with Crippen LogP contribution in [-0.4, -0.2) is 10.8 Å². The molecule has 0 amide bonds. The van der Waals surface area contributed by atoms with Crippen molar-refractivity contribution >= 4 is 27.5 Å². The number of rotatable bonds is 0. The highest BCUT2D eigenvalue weighted by Crippen LogP contribution is 2.31. The Hall–Kier alpha value is -2.48. The van der Waals surface area contributed by atoms with Gasteiger partial charge in [0.15, 0.2) is 5.78 Å². The molecule has 0 N–H and O–H groups in total. The number of aromatic nitrogens is 1. The first-order chi connectivity index (χ1) is 9.34. The molecule has 90 valence electrons. The van der Waals surface area contributed by atoms with Gasteiger partial charge in [0.1, 0.15) is 0 Å². The van der Waals surface area contributed by atoms with E-state index in [1.807, 2.05) is 24.3 Å². The van der Waals surface area contributed by atoms with Gasteiger partial charge in [-0.25, -0.2) is 0 Å². The summed E-state index contributed by atoms with van der Waals surface area (Å²) in [5, 5.41) is 3.48. The Morgan fingerprint density at radius 1 is 1.05 bits per heavy atom. The van der Waals surface area contributed by atoms with Crippen LogP contribution < -0.4 is 0 Å². The Bertz CT molecular complexity index is 862. The lowest BCUT2D eigenvalue weighted by atomic mass is 9.91. The smallest absolute Gasteiger partial charge is 0.187 e. The van der Waals surface area contributed by atoms with E-state index in [4.69, 9.17) is 0 Å². The predicted molar refractivity (Wildman–Crippen MR) is 76.4 cm³/mol.